The van der Waals surface area contributed by atoms with Crippen molar-refractivity contribution in [1.29, 1.82) is 0 Å². The third-order valence-corrected chi connectivity index (χ3v) is 3.59. The summed E-state index contributed by atoms with van der Waals surface area (Å²) in [7, 11) is 1.86. The summed E-state index contributed by atoms with van der Waals surface area (Å²) < 4.78 is 5.08. The molecule has 100 valence electrons. The summed E-state index contributed by atoms with van der Waals surface area (Å²) in [6.07, 6.45) is 2.74. The van der Waals surface area contributed by atoms with Crippen LogP contribution in [-0.4, -0.2) is 42.1 Å². The van der Waals surface area contributed by atoms with E-state index in [-0.39, 0.29) is 5.91 Å². The summed E-state index contributed by atoms with van der Waals surface area (Å²) in [6.45, 7) is 5.57. The number of aromatic nitrogens is 1. The quantitative estimate of drug-likeness (QED) is 0.869. The van der Waals surface area contributed by atoms with Gasteiger partial charge in [-0.05, 0) is 33.2 Å². The van der Waals surface area contributed by atoms with Crippen LogP contribution in [0.15, 0.2) is 4.52 Å². The van der Waals surface area contributed by atoms with E-state index in [0.29, 0.717) is 12.5 Å². The second kappa shape index (κ2) is 5.52. The Morgan fingerprint density at radius 2 is 2.33 bits per heavy atom. The number of hydrogen-bond acceptors (Lipinski definition) is 4. The predicted molar refractivity (Wildman–Crippen MR) is 68.3 cm³/mol. The monoisotopic (exact) mass is 251 g/mol. The van der Waals surface area contributed by atoms with Crippen molar-refractivity contribution in [2.45, 2.75) is 39.2 Å². The fourth-order valence-electron chi connectivity index (χ4n) is 2.39. The number of rotatable bonds is 4. The van der Waals surface area contributed by atoms with Crippen LogP contribution in [0.25, 0.3) is 0 Å². The zero-order valence-corrected chi connectivity index (χ0v) is 11.3. The Labute approximate surface area is 108 Å². The van der Waals surface area contributed by atoms with E-state index in [9.17, 15) is 4.79 Å². The van der Waals surface area contributed by atoms with Crippen LogP contribution in [0.3, 0.4) is 0 Å². The molecule has 0 saturated carbocycles. The van der Waals surface area contributed by atoms with Gasteiger partial charge < -0.3 is 14.7 Å². The molecule has 1 atom stereocenters. The molecule has 1 aromatic rings. The molecule has 1 unspecified atom stereocenters. The zero-order chi connectivity index (χ0) is 13.1. The van der Waals surface area contributed by atoms with Gasteiger partial charge in [-0.2, -0.15) is 0 Å². The van der Waals surface area contributed by atoms with Crippen molar-refractivity contribution >= 4 is 5.91 Å². The lowest BCUT2D eigenvalue weighted by Gasteiger charge is -2.21. The number of likely N-dealkylation sites (N-methyl/N-ethyl adjacent to an activating group) is 1. The minimum atomic E-state index is 0.123. The standard InChI is InChI=1S/C13H21N3O2/c1-9-12(10(2)18-15-9)7-13(17)16(3)8-11-5-4-6-14-11/h11,14H,4-8H2,1-3H3. The van der Waals surface area contributed by atoms with Crippen molar-refractivity contribution in [3.8, 4) is 0 Å². The number of amides is 1. The first-order valence-electron chi connectivity index (χ1n) is 6.47. The fraction of sp³-hybridized carbons (Fsp3) is 0.692. The van der Waals surface area contributed by atoms with E-state index in [1.807, 2.05) is 20.9 Å². The SMILES string of the molecule is Cc1noc(C)c1CC(=O)N(C)CC1CCCN1. The van der Waals surface area contributed by atoms with Gasteiger partial charge in [-0.25, -0.2) is 0 Å². The van der Waals surface area contributed by atoms with Crippen molar-refractivity contribution in [3.63, 3.8) is 0 Å². The van der Waals surface area contributed by atoms with Crippen LogP contribution >= 0.6 is 0 Å². The maximum absolute atomic E-state index is 12.1. The molecule has 1 N–H and O–H groups in total. The lowest BCUT2D eigenvalue weighted by Crippen LogP contribution is -2.39. The number of nitrogens with zero attached hydrogens (tertiary/aromatic N) is 2. The van der Waals surface area contributed by atoms with E-state index in [0.717, 1.165) is 36.5 Å². The smallest absolute Gasteiger partial charge is 0.226 e. The average molecular weight is 251 g/mol. The van der Waals surface area contributed by atoms with Gasteiger partial charge in [-0.1, -0.05) is 5.16 Å². The molecule has 1 amide bonds. The van der Waals surface area contributed by atoms with E-state index in [1.54, 1.807) is 4.90 Å². The van der Waals surface area contributed by atoms with E-state index < -0.39 is 0 Å². The molecule has 0 radical (unpaired) electrons. The van der Waals surface area contributed by atoms with Crippen LogP contribution < -0.4 is 5.32 Å². The van der Waals surface area contributed by atoms with Gasteiger partial charge in [0.25, 0.3) is 0 Å². The van der Waals surface area contributed by atoms with E-state index in [4.69, 9.17) is 4.52 Å². The third kappa shape index (κ3) is 2.90. The van der Waals surface area contributed by atoms with Gasteiger partial charge in [-0.15, -0.1) is 0 Å². The second-order valence-corrected chi connectivity index (χ2v) is 5.05. The molecule has 0 aliphatic carbocycles. The molecule has 1 aliphatic rings. The Kier molecular flexibility index (Phi) is 4.01. The number of carbonyl (C=O) groups is 1. The van der Waals surface area contributed by atoms with E-state index >= 15 is 0 Å². The first-order valence-corrected chi connectivity index (χ1v) is 6.47. The third-order valence-electron chi connectivity index (χ3n) is 3.59. The largest absolute Gasteiger partial charge is 0.361 e. The Morgan fingerprint density at radius 1 is 1.56 bits per heavy atom. The van der Waals surface area contributed by atoms with Gasteiger partial charge in [0.05, 0.1) is 12.1 Å². The highest BCUT2D eigenvalue weighted by molar-refractivity contribution is 5.79. The highest BCUT2D eigenvalue weighted by Crippen LogP contribution is 2.14. The molecule has 1 aliphatic heterocycles. The van der Waals surface area contributed by atoms with E-state index in [2.05, 4.69) is 10.5 Å². The highest BCUT2D eigenvalue weighted by atomic mass is 16.5. The summed E-state index contributed by atoms with van der Waals surface area (Å²) in [4.78, 5) is 13.9. The maximum Gasteiger partial charge on any atom is 0.226 e. The lowest BCUT2D eigenvalue weighted by molar-refractivity contribution is -0.129. The van der Waals surface area contributed by atoms with Gasteiger partial charge in [0, 0.05) is 25.2 Å². The topological polar surface area (TPSA) is 58.4 Å². The number of aryl methyl sites for hydroxylation is 2. The number of nitrogens with one attached hydrogen (secondary N) is 1. The molecule has 0 bridgehead atoms. The molecule has 1 saturated heterocycles. The molecule has 0 spiro atoms. The Bertz CT molecular complexity index is 402. The second-order valence-electron chi connectivity index (χ2n) is 5.05. The molecule has 18 heavy (non-hydrogen) atoms. The predicted octanol–water partition coefficient (Wildman–Crippen LogP) is 1.04. The highest BCUT2D eigenvalue weighted by Gasteiger charge is 2.20. The van der Waals surface area contributed by atoms with Gasteiger partial charge in [0.2, 0.25) is 5.91 Å². The number of carbonyl (C=O) groups excluding carboxylic acids is 1. The van der Waals surface area contributed by atoms with Crippen LogP contribution in [0, 0.1) is 13.8 Å². The minimum Gasteiger partial charge on any atom is -0.361 e. The van der Waals surface area contributed by atoms with Crippen molar-refractivity contribution in [2.24, 2.45) is 0 Å². The maximum atomic E-state index is 12.1. The Balaban J connectivity index is 1.90. The molecule has 5 nitrogen and oxygen atoms in total. The first kappa shape index (κ1) is 13.1. The molecule has 5 heteroatoms. The van der Waals surface area contributed by atoms with Gasteiger partial charge >= 0.3 is 0 Å². The molecular formula is C13H21N3O2. The first-order chi connectivity index (χ1) is 8.58. The van der Waals surface area contributed by atoms with Gasteiger partial charge in [-0.3, -0.25) is 4.79 Å². The summed E-state index contributed by atoms with van der Waals surface area (Å²) >= 11 is 0. The van der Waals surface area contributed by atoms with Crippen LogP contribution in [-0.2, 0) is 11.2 Å². The average Bonchev–Trinajstić information content (AvgIpc) is 2.94. The van der Waals surface area contributed by atoms with Crippen LogP contribution in [0.4, 0.5) is 0 Å². The zero-order valence-electron chi connectivity index (χ0n) is 11.3. The van der Waals surface area contributed by atoms with Crippen LogP contribution in [0.5, 0.6) is 0 Å². The molecule has 1 fully saturated rings. The normalized spacial score (nSPS) is 19.2. The molecule has 2 rings (SSSR count). The van der Waals surface area contributed by atoms with Gasteiger partial charge in [0.15, 0.2) is 0 Å². The van der Waals surface area contributed by atoms with Crippen molar-refractivity contribution in [1.82, 2.24) is 15.4 Å². The minimum absolute atomic E-state index is 0.123. The van der Waals surface area contributed by atoms with E-state index in [1.165, 1.54) is 6.42 Å². The van der Waals surface area contributed by atoms with Crippen molar-refractivity contribution < 1.29 is 9.32 Å². The molecule has 1 aromatic heterocycles. The summed E-state index contributed by atoms with van der Waals surface area (Å²) in [6, 6.07) is 0.448. The summed E-state index contributed by atoms with van der Waals surface area (Å²) in [5.41, 5.74) is 1.74. The fourth-order valence-corrected chi connectivity index (χ4v) is 2.39. The summed E-state index contributed by atoms with van der Waals surface area (Å²) in [5.74, 6) is 0.867. The Hall–Kier alpha value is -1.36. The molecule has 0 aromatic carbocycles. The van der Waals surface area contributed by atoms with Crippen LogP contribution in [0.2, 0.25) is 0 Å². The summed E-state index contributed by atoms with van der Waals surface area (Å²) in [5, 5.41) is 7.27. The van der Waals surface area contributed by atoms with Crippen molar-refractivity contribution in [3.05, 3.63) is 17.0 Å². The van der Waals surface area contributed by atoms with Crippen LogP contribution in [0.1, 0.15) is 29.9 Å². The molecular weight excluding hydrogens is 230 g/mol. The van der Waals surface area contributed by atoms with Gasteiger partial charge in [0.1, 0.15) is 5.76 Å². The number of hydrogen-bond donors (Lipinski definition) is 1. The lowest BCUT2D eigenvalue weighted by atomic mass is 10.1. The van der Waals surface area contributed by atoms with Crippen molar-refractivity contribution in [2.75, 3.05) is 20.1 Å². The molecule has 2 heterocycles. The Morgan fingerprint density at radius 3 is 2.89 bits per heavy atom.